The van der Waals surface area contributed by atoms with Gasteiger partial charge in [-0.2, -0.15) is 0 Å². The van der Waals surface area contributed by atoms with E-state index < -0.39 is 25.9 Å². The lowest BCUT2D eigenvalue weighted by molar-refractivity contribution is -0.870. The molecule has 0 aliphatic heterocycles. The standard InChI is InChI=1S/C53H97N2O7P/c1-7-10-13-16-19-22-25-27-30-33-36-39-42-45-52(56)54-50(49-61-63(58,59)60-48-47-55(4,5)6)51(44-41-38-35-32-29-24-21-18-15-12-9-3)62-53(57)46-43-40-37-34-31-28-26-23-20-17-14-11-8-2/h27-28,30-31,36-37,39-41,44,50-51H,7-26,29,32-35,38,42-43,45-49H2,1-6H3,(H-,54,56,58,59)/p+1/b30-27-,31-28-,39-36+,40-37+,44-41+. The van der Waals surface area contributed by atoms with Crippen LogP contribution in [0.25, 0.3) is 0 Å². The number of rotatable bonds is 45. The quantitative estimate of drug-likeness (QED) is 0.0206. The number of phosphoric acid groups is 1. The van der Waals surface area contributed by atoms with Gasteiger partial charge in [0.1, 0.15) is 19.3 Å². The first-order valence-electron chi connectivity index (χ1n) is 25.6. The maximum Gasteiger partial charge on any atom is 0.472 e. The number of quaternary nitrogens is 1. The Hall–Kier alpha value is -2.29. The van der Waals surface area contributed by atoms with Gasteiger partial charge in [-0.1, -0.05) is 191 Å². The summed E-state index contributed by atoms with van der Waals surface area (Å²) >= 11 is 0. The minimum atomic E-state index is -4.46. The number of phosphoric ester groups is 1. The van der Waals surface area contributed by atoms with E-state index in [-0.39, 0.29) is 32.0 Å². The van der Waals surface area contributed by atoms with Crippen molar-refractivity contribution in [3.63, 3.8) is 0 Å². The minimum Gasteiger partial charge on any atom is -0.456 e. The summed E-state index contributed by atoms with van der Waals surface area (Å²) in [5.74, 6) is -0.666. The lowest BCUT2D eigenvalue weighted by Gasteiger charge is -2.27. The normalized spacial score (nSPS) is 14.5. The van der Waals surface area contributed by atoms with Crippen LogP contribution in [0.2, 0.25) is 0 Å². The van der Waals surface area contributed by atoms with E-state index in [9.17, 15) is 19.0 Å². The van der Waals surface area contributed by atoms with Gasteiger partial charge in [0.2, 0.25) is 5.91 Å². The highest BCUT2D eigenvalue weighted by Gasteiger charge is 2.30. The second-order valence-electron chi connectivity index (χ2n) is 18.3. The lowest BCUT2D eigenvalue weighted by Crippen LogP contribution is -2.47. The summed E-state index contributed by atoms with van der Waals surface area (Å²) in [4.78, 5) is 37.2. The molecule has 0 aliphatic rings. The number of unbranched alkanes of at least 4 members (excludes halogenated alkanes) is 21. The molecule has 3 atom stereocenters. The largest absolute Gasteiger partial charge is 0.472 e. The number of carbonyl (C=O) groups excluding carboxylic acids is 2. The van der Waals surface area contributed by atoms with Crippen molar-refractivity contribution in [2.45, 2.75) is 226 Å². The van der Waals surface area contributed by atoms with Crippen molar-refractivity contribution in [3.05, 3.63) is 60.8 Å². The van der Waals surface area contributed by atoms with Crippen LogP contribution in [0.5, 0.6) is 0 Å². The molecule has 0 bridgehead atoms. The predicted octanol–water partition coefficient (Wildman–Crippen LogP) is 14.8. The van der Waals surface area contributed by atoms with E-state index in [0.29, 0.717) is 23.9 Å². The third-order valence-corrected chi connectivity index (χ3v) is 11.9. The van der Waals surface area contributed by atoms with Crippen LogP contribution in [0.3, 0.4) is 0 Å². The fraction of sp³-hybridized carbons (Fsp3) is 0.774. The maximum absolute atomic E-state index is 13.4. The highest BCUT2D eigenvalue weighted by molar-refractivity contribution is 7.47. The molecule has 0 aromatic rings. The number of nitrogens with zero attached hydrogens (tertiary/aromatic N) is 1. The molecule has 1 amide bonds. The van der Waals surface area contributed by atoms with E-state index in [1.165, 1.54) is 122 Å². The second kappa shape index (κ2) is 43.6. The highest BCUT2D eigenvalue weighted by atomic mass is 31.2. The van der Waals surface area contributed by atoms with E-state index >= 15 is 0 Å². The molecule has 366 valence electrons. The van der Waals surface area contributed by atoms with E-state index in [2.05, 4.69) is 62.5 Å². The van der Waals surface area contributed by atoms with Gasteiger partial charge in [-0.25, -0.2) is 4.57 Å². The number of ether oxygens (including phenoxy) is 1. The molecule has 0 saturated heterocycles. The van der Waals surface area contributed by atoms with Gasteiger partial charge in [0.25, 0.3) is 0 Å². The van der Waals surface area contributed by atoms with Crippen molar-refractivity contribution in [2.24, 2.45) is 0 Å². The molecule has 0 aromatic heterocycles. The summed E-state index contributed by atoms with van der Waals surface area (Å²) in [6.07, 6.45) is 52.5. The topological polar surface area (TPSA) is 111 Å². The average molecular weight is 906 g/mol. The van der Waals surface area contributed by atoms with Crippen LogP contribution in [-0.4, -0.2) is 74.3 Å². The van der Waals surface area contributed by atoms with Crippen LogP contribution in [0, 0.1) is 0 Å². The number of carbonyl (C=O) groups is 2. The molecule has 0 spiro atoms. The zero-order valence-electron chi connectivity index (χ0n) is 41.6. The summed E-state index contributed by atoms with van der Waals surface area (Å²) in [6.45, 7) is 6.88. The van der Waals surface area contributed by atoms with Crippen molar-refractivity contribution in [3.8, 4) is 0 Å². The van der Waals surface area contributed by atoms with E-state index in [0.717, 1.165) is 44.9 Å². The Morgan fingerprint density at radius 3 is 1.43 bits per heavy atom. The number of amides is 1. The predicted molar refractivity (Wildman–Crippen MR) is 268 cm³/mol. The number of hydrogen-bond acceptors (Lipinski definition) is 6. The highest BCUT2D eigenvalue weighted by Crippen LogP contribution is 2.43. The van der Waals surface area contributed by atoms with Gasteiger partial charge in [-0.3, -0.25) is 18.6 Å². The second-order valence-corrected chi connectivity index (χ2v) is 19.8. The van der Waals surface area contributed by atoms with E-state index in [1.807, 2.05) is 39.4 Å². The fourth-order valence-corrected chi connectivity index (χ4v) is 7.66. The first kappa shape index (κ1) is 60.7. The smallest absolute Gasteiger partial charge is 0.456 e. The summed E-state index contributed by atoms with van der Waals surface area (Å²) < 4.78 is 30.3. The molecule has 0 fully saturated rings. The molecule has 9 nitrogen and oxygen atoms in total. The molecular formula is C53H98N2O7P+. The molecule has 3 unspecified atom stereocenters. The number of esters is 1. The maximum atomic E-state index is 13.4. The summed E-state index contributed by atoms with van der Waals surface area (Å²) in [5.41, 5.74) is 0. The Bertz CT molecular complexity index is 1270. The molecule has 0 aromatic carbocycles. The van der Waals surface area contributed by atoms with Crippen molar-refractivity contribution in [1.29, 1.82) is 0 Å². The number of likely N-dealkylation sites (N-methyl/N-ethyl adjacent to an activating group) is 1. The molecule has 63 heavy (non-hydrogen) atoms. The van der Waals surface area contributed by atoms with Crippen molar-refractivity contribution in [1.82, 2.24) is 5.32 Å². The molecule has 0 heterocycles. The van der Waals surface area contributed by atoms with Gasteiger partial charge in [0, 0.05) is 12.8 Å². The summed E-state index contributed by atoms with van der Waals surface area (Å²) in [6, 6.07) is -0.899. The average Bonchev–Trinajstić information content (AvgIpc) is 3.23. The summed E-state index contributed by atoms with van der Waals surface area (Å²) in [7, 11) is 1.43. The van der Waals surface area contributed by atoms with Crippen molar-refractivity contribution >= 4 is 19.7 Å². The fourth-order valence-electron chi connectivity index (χ4n) is 6.92. The van der Waals surface area contributed by atoms with Crippen LogP contribution in [-0.2, 0) is 27.9 Å². The Morgan fingerprint density at radius 1 is 0.556 bits per heavy atom. The van der Waals surface area contributed by atoms with Crippen LogP contribution in [0.4, 0.5) is 0 Å². The van der Waals surface area contributed by atoms with E-state index in [1.54, 1.807) is 6.08 Å². The number of nitrogens with one attached hydrogen (secondary N) is 1. The molecule has 0 aliphatic carbocycles. The van der Waals surface area contributed by atoms with Crippen LogP contribution < -0.4 is 5.32 Å². The first-order chi connectivity index (χ1) is 30.4. The van der Waals surface area contributed by atoms with Crippen LogP contribution in [0.1, 0.15) is 213 Å². The molecule has 0 saturated carbocycles. The Morgan fingerprint density at radius 2 is 0.968 bits per heavy atom. The van der Waals surface area contributed by atoms with Gasteiger partial charge in [0.15, 0.2) is 0 Å². The minimum absolute atomic E-state index is 0.0222. The summed E-state index contributed by atoms with van der Waals surface area (Å²) in [5, 5.41) is 2.97. The SMILES string of the molecule is CCCCCCCC/C=C\C/C=C/CCC(=O)NC(COP(=O)(O)OCC[N+](C)(C)C)C(/C=C/CCCCCCCCCCC)OC(=O)CC/C=C/C/C=C\CCCCCCCC. The molecular weight excluding hydrogens is 808 g/mol. The van der Waals surface area contributed by atoms with Gasteiger partial charge < -0.3 is 19.4 Å². The van der Waals surface area contributed by atoms with E-state index in [4.69, 9.17) is 13.8 Å². The zero-order chi connectivity index (χ0) is 46.5. The Kier molecular flexibility index (Phi) is 42.0. The third kappa shape index (κ3) is 44.7. The molecule has 0 rings (SSSR count). The number of hydrogen-bond donors (Lipinski definition) is 2. The molecule has 2 N–H and O–H groups in total. The van der Waals surface area contributed by atoms with Crippen molar-refractivity contribution < 1.29 is 37.3 Å². The molecule has 10 heteroatoms. The van der Waals surface area contributed by atoms with Gasteiger partial charge in [0.05, 0.1) is 33.8 Å². The van der Waals surface area contributed by atoms with Gasteiger partial charge in [-0.05, 0) is 70.3 Å². The van der Waals surface area contributed by atoms with Crippen LogP contribution in [0.15, 0.2) is 60.8 Å². The monoisotopic (exact) mass is 906 g/mol. The Balaban J connectivity index is 5.60. The van der Waals surface area contributed by atoms with Gasteiger partial charge in [-0.15, -0.1) is 0 Å². The third-order valence-electron chi connectivity index (χ3n) is 11.0. The van der Waals surface area contributed by atoms with Gasteiger partial charge >= 0.3 is 13.8 Å². The molecule has 0 radical (unpaired) electrons. The first-order valence-corrected chi connectivity index (χ1v) is 27.1. The lowest BCUT2D eigenvalue weighted by atomic mass is 10.1. The Labute approximate surface area is 388 Å². The zero-order valence-corrected chi connectivity index (χ0v) is 42.4. The van der Waals surface area contributed by atoms with Crippen LogP contribution >= 0.6 is 7.82 Å². The number of allylic oxidation sites excluding steroid dienone is 9. The van der Waals surface area contributed by atoms with Crippen molar-refractivity contribution in [2.75, 3.05) is 40.9 Å².